The Morgan fingerprint density at radius 3 is 2.72 bits per heavy atom. The van der Waals surface area contributed by atoms with Gasteiger partial charge in [-0.25, -0.2) is 0 Å². The Morgan fingerprint density at radius 1 is 1.33 bits per heavy atom. The summed E-state index contributed by atoms with van der Waals surface area (Å²) in [5.74, 6) is 0.572. The Bertz CT molecular complexity index is 480. The molecule has 0 bridgehead atoms. The van der Waals surface area contributed by atoms with E-state index in [1.54, 1.807) is 0 Å². The van der Waals surface area contributed by atoms with Gasteiger partial charge < -0.3 is 0 Å². The van der Waals surface area contributed by atoms with Crippen molar-refractivity contribution >= 4 is 5.71 Å². The highest BCUT2D eigenvalue weighted by Crippen LogP contribution is 2.26. The van der Waals surface area contributed by atoms with E-state index < -0.39 is 0 Å². The van der Waals surface area contributed by atoms with Crippen molar-refractivity contribution in [1.82, 2.24) is 0 Å². The zero-order chi connectivity index (χ0) is 13.0. The second-order valence-corrected chi connectivity index (χ2v) is 5.12. The van der Waals surface area contributed by atoms with Crippen molar-refractivity contribution < 1.29 is 0 Å². The van der Waals surface area contributed by atoms with Crippen molar-refractivity contribution in [2.45, 2.75) is 33.2 Å². The average molecular weight is 239 g/mol. The van der Waals surface area contributed by atoms with Crippen LogP contribution in [-0.4, -0.2) is 5.71 Å². The fourth-order valence-electron chi connectivity index (χ4n) is 2.25. The first kappa shape index (κ1) is 12.8. The number of benzene rings is 1. The predicted octanol–water partition coefficient (Wildman–Crippen LogP) is 4.56. The molecule has 0 fully saturated rings. The van der Waals surface area contributed by atoms with Crippen LogP contribution in [0.5, 0.6) is 0 Å². The maximum absolute atomic E-state index is 4.77. The topological polar surface area (TPSA) is 12.4 Å². The first-order valence-electron chi connectivity index (χ1n) is 6.56. The van der Waals surface area contributed by atoms with Crippen molar-refractivity contribution in [2.75, 3.05) is 0 Å². The maximum Gasteiger partial charge on any atom is 0.0643 e. The van der Waals surface area contributed by atoms with Crippen molar-refractivity contribution in [1.29, 1.82) is 0 Å². The molecule has 1 atom stereocenters. The van der Waals surface area contributed by atoms with E-state index in [0.717, 1.165) is 19.4 Å². The molecule has 18 heavy (non-hydrogen) atoms. The van der Waals surface area contributed by atoms with Crippen LogP contribution in [-0.2, 0) is 6.54 Å². The van der Waals surface area contributed by atoms with E-state index in [1.807, 2.05) is 6.07 Å². The summed E-state index contributed by atoms with van der Waals surface area (Å²) in [5, 5.41) is 0. The molecule has 0 radical (unpaired) electrons. The van der Waals surface area contributed by atoms with Gasteiger partial charge in [0.05, 0.1) is 6.54 Å². The molecule has 0 heterocycles. The molecule has 1 aliphatic carbocycles. The smallest absolute Gasteiger partial charge is 0.0643 e. The number of rotatable bonds is 3. The van der Waals surface area contributed by atoms with Crippen LogP contribution in [0.15, 0.2) is 59.1 Å². The summed E-state index contributed by atoms with van der Waals surface area (Å²) >= 11 is 0. The molecular weight excluding hydrogens is 218 g/mol. The standard InChI is InChI=1S/C17H21N/c1-13(2)16-10-9-14(3)17(11-16)18-12-15-7-5-4-6-8-15/h4-9,16H,1,10-12H2,2-3H3. The van der Waals surface area contributed by atoms with Crippen LogP contribution >= 0.6 is 0 Å². The van der Waals surface area contributed by atoms with E-state index in [4.69, 9.17) is 4.99 Å². The Labute approximate surface area is 110 Å². The van der Waals surface area contributed by atoms with Gasteiger partial charge in [-0.05, 0) is 43.7 Å². The zero-order valence-electron chi connectivity index (χ0n) is 11.3. The van der Waals surface area contributed by atoms with Gasteiger partial charge in [-0.15, -0.1) is 0 Å². The minimum absolute atomic E-state index is 0.572. The highest BCUT2D eigenvalue weighted by molar-refractivity contribution is 6.00. The zero-order valence-corrected chi connectivity index (χ0v) is 11.3. The largest absolute Gasteiger partial charge is 0.285 e. The van der Waals surface area contributed by atoms with Crippen LogP contribution in [0.4, 0.5) is 0 Å². The highest BCUT2D eigenvalue weighted by Gasteiger charge is 2.17. The Balaban J connectivity index is 2.09. The predicted molar refractivity (Wildman–Crippen MR) is 78.9 cm³/mol. The van der Waals surface area contributed by atoms with Crippen molar-refractivity contribution in [3.05, 3.63) is 59.7 Å². The molecule has 0 amide bonds. The molecule has 0 saturated carbocycles. The summed E-state index contributed by atoms with van der Waals surface area (Å²) in [7, 11) is 0. The lowest BCUT2D eigenvalue weighted by Gasteiger charge is -2.22. The van der Waals surface area contributed by atoms with E-state index in [0.29, 0.717) is 5.92 Å². The monoisotopic (exact) mass is 239 g/mol. The third-order valence-corrected chi connectivity index (χ3v) is 3.60. The normalized spacial score (nSPS) is 21.8. The van der Waals surface area contributed by atoms with Gasteiger partial charge in [-0.2, -0.15) is 0 Å². The van der Waals surface area contributed by atoms with Crippen molar-refractivity contribution in [2.24, 2.45) is 10.9 Å². The quantitative estimate of drug-likeness (QED) is 0.686. The first-order valence-corrected chi connectivity index (χ1v) is 6.56. The molecule has 0 spiro atoms. The summed E-state index contributed by atoms with van der Waals surface area (Å²) < 4.78 is 0. The highest BCUT2D eigenvalue weighted by atomic mass is 14.7. The van der Waals surface area contributed by atoms with Crippen LogP contribution in [0.1, 0.15) is 32.3 Å². The van der Waals surface area contributed by atoms with Crippen molar-refractivity contribution in [3.63, 3.8) is 0 Å². The van der Waals surface area contributed by atoms with Gasteiger partial charge in [0.1, 0.15) is 0 Å². The third-order valence-electron chi connectivity index (χ3n) is 3.60. The lowest BCUT2D eigenvalue weighted by atomic mass is 9.84. The molecule has 2 rings (SSSR count). The molecule has 1 aliphatic rings. The van der Waals surface area contributed by atoms with Gasteiger partial charge >= 0.3 is 0 Å². The fraction of sp³-hybridized carbons (Fsp3) is 0.353. The van der Waals surface area contributed by atoms with Crippen LogP contribution in [0.3, 0.4) is 0 Å². The van der Waals surface area contributed by atoms with E-state index in [-0.39, 0.29) is 0 Å². The fourth-order valence-corrected chi connectivity index (χ4v) is 2.25. The van der Waals surface area contributed by atoms with E-state index in [1.165, 1.54) is 22.4 Å². The molecule has 1 aromatic rings. The SMILES string of the molecule is C=C(C)C1CC=C(C)C(=NCc2ccccc2)C1. The molecule has 1 aromatic carbocycles. The number of allylic oxidation sites excluding steroid dienone is 3. The molecule has 0 saturated heterocycles. The molecular formula is C17H21N. The van der Waals surface area contributed by atoms with Gasteiger partial charge in [0.25, 0.3) is 0 Å². The summed E-state index contributed by atoms with van der Waals surface area (Å²) in [5.41, 5.74) is 5.13. The van der Waals surface area contributed by atoms with E-state index >= 15 is 0 Å². The van der Waals surface area contributed by atoms with Gasteiger partial charge in [0, 0.05) is 5.71 Å². The molecule has 0 aliphatic heterocycles. The Hall–Kier alpha value is -1.63. The molecule has 1 unspecified atom stereocenters. The third kappa shape index (κ3) is 3.19. The molecule has 94 valence electrons. The van der Waals surface area contributed by atoms with Crippen LogP contribution in [0.25, 0.3) is 0 Å². The summed E-state index contributed by atoms with van der Waals surface area (Å²) in [6, 6.07) is 10.4. The number of aliphatic imine (C=N–C) groups is 1. The molecule has 0 N–H and O–H groups in total. The number of nitrogens with zero attached hydrogens (tertiary/aromatic N) is 1. The van der Waals surface area contributed by atoms with E-state index in [2.05, 4.69) is 50.8 Å². The minimum Gasteiger partial charge on any atom is -0.285 e. The Kier molecular flexibility index (Phi) is 4.14. The van der Waals surface area contributed by atoms with E-state index in [9.17, 15) is 0 Å². The lowest BCUT2D eigenvalue weighted by molar-refractivity contribution is 0.637. The molecule has 0 aromatic heterocycles. The van der Waals surface area contributed by atoms with Crippen LogP contribution in [0, 0.1) is 5.92 Å². The van der Waals surface area contributed by atoms with Crippen molar-refractivity contribution in [3.8, 4) is 0 Å². The minimum atomic E-state index is 0.572. The number of hydrogen-bond donors (Lipinski definition) is 0. The summed E-state index contributed by atoms with van der Waals surface area (Å²) in [6.07, 6.45) is 4.46. The van der Waals surface area contributed by atoms with Gasteiger partial charge in [0.2, 0.25) is 0 Å². The van der Waals surface area contributed by atoms with Gasteiger partial charge in [-0.1, -0.05) is 48.6 Å². The van der Waals surface area contributed by atoms with Crippen LogP contribution < -0.4 is 0 Å². The lowest BCUT2D eigenvalue weighted by Crippen LogP contribution is -2.15. The summed E-state index contributed by atoms with van der Waals surface area (Å²) in [4.78, 5) is 4.77. The van der Waals surface area contributed by atoms with Gasteiger partial charge in [-0.3, -0.25) is 4.99 Å². The molecule has 1 heteroatoms. The first-order chi connectivity index (χ1) is 8.66. The second kappa shape index (κ2) is 5.81. The summed E-state index contributed by atoms with van der Waals surface area (Å²) in [6.45, 7) is 9.14. The van der Waals surface area contributed by atoms with Gasteiger partial charge in [0.15, 0.2) is 0 Å². The van der Waals surface area contributed by atoms with Crippen LogP contribution in [0.2, 0.25) is 0 Å². The number of hydrogen-bond acceptors (Lipinski definition) is 1. The molecule has 1 nitrogen and oxygen atoms in total. The second-order valence-electron chi connectivity index (χ2n) is 5.12. The maximum atomic E-state index is 4.77. The Morgan fingerprint density at radius 2 is 2.06 bits per heavy atom. The average Bonchev–Trinajstić information content (AvgIpc) is 2.38.